The Morgan fingerprint density at radius 2 is 2.05 bits per heavy atom. The first-order chi connectivity index (χ1) is 10.5. The molecule has 0 bridgehead atoms. The van der Waals surface area contributed by atoms with Gasteiger partial charge >= 0.3 is 0 Å². The largest absolute Gasteiger partial charge is 0.505 e. The summed E-state index contributed by atoms with van der Waals surface area (Å²) in [7, 11) is -4.40. The molecule has 7 nitrogen and oxygen atoms in total. The zero-order valence-electron chi connectivity index (χ0n) is 11.8. The molecular weight excluding hydrogens is 308 g/mol. The zero-order valence-corrected chi connectivity index (χ0v) is 12.6. The molecule has 1 aliphatic heterocycles. The van der Waals surface area contributed by atoms with E-state index in [4.69, 9.17) is 4.74 Å². The van der Waals surface area contributed by atoms with Crippen LogP contribution in [0.3, 0.4) is 0 Å². The third-order valence-corrected chi connectivity index (χ3v) is 4.58. The van der Waals surface area contributed by atoms with Gasteiger partial charge in [0.1, 0.15) is 16.2 Å². The number of ether oxygens (including phenoxy) is 1. The first-order valence-electron chi connectivity index (χ1n) is 6.84. The van der Waals surface area contributed by atoms with Crippen LogP contribution in [0.1, 0.15) is 5.56 Å². The molecule has 0 saturated carbocycles. The summed E-state index contributed by atoms with van der Waals surface area (Å²) >= 11 is 0. The predicted molar refractivity (Wildman–Crippen MR) is 79.3 cm³/mol. The lowest BCUT2D eigenvalue weighted by molar-refractivity contribution is 0.0339. The Hall–Kier alpha value is -1.74. The van der Waals surface area contributed by atoms with Gasteiger partial charge in [-0.05, 0) is 18.2 Å². The van der Waals surface area contributed by atoms with Crippen molar-refractivity contribution in [2.24, 2.45) is 0 Å². The van der Waals surface area contributed by atoms with Gasteiger partial charge in [0.25, 0.3) is 10.1 Å². The van der Waals surface area contributed by atoms with E-state index in [2.05, 4.69) is 4.98 Å². The van der Waals surface area contributed by atoms with Crippen LogP contribution in [0.4, 0.5) is 0 Å². The van der Waals surface area contributed by atoms with Crippen LogP contribution >= 0.6 is 0 Å². The van der Waals surface area contributed by atoms with Gasteiger partial charge in [0.15, 0.2) is 0 Å². The second-order valence-corrected chi connectivity index (χ2v) is 6.54. The number of aromatic hydroxyl groups is 1. The van der Waals surface area contributed by atoms with Crippen molar-refractivity contribution in [3.05, 3.63) is 30.0 Å². The van der Waals surface area contributed by atoms with Gasteiger partial charge in [-0.25, -0.2) is 0 Å². The van der Waals surface area contributed by atoms with Crippen molar-refractivity contribution in [1.29, 1.82) is 0 Å². The highest BCUT2D eigenvalue weighted by Gasteiger charge is 2.21. The van der Waals surface area contributed by atoms with Crippen LogP contribution in [0, 0.1) is 0 Å². The van der Waals surface area contributed by atoms with Gasteiger partial charge in [-0.2, -0.15) is 8.42 Å². The van der Waals surface area contributed by atoms with Gasteiger partial charge in [0, 0.05) is 36.8 Å². The van der Waals surface area contributed by atoms with E-state index in [1.54, 1.807) is 6.07 Å². The van der Waals surface area contributed by atoms with Crippen LogP contribution in [0.25, 0.3) is 10.9 Å². The molecule has 0 aliphatic carbocycles. The van der Waals surface area contributed by atoms with E-state index in [1.165, 1.54) is 18.3 Å². The lowest BCUT2D eigenvalue weighted by Crippen LogP contribution is -2.35. The summed E-state index contributed by atoms with van der Waals surface area (Å²) in [6, 6.07) is 4.37. The van der Waals surface area contributed by atoms with Crippen LogP contribution in [0.2, 0.25) is 0 Å². The van der Waals surface area contributed by atoms with Gasteiger partial charge < -0.3 is 9.84 Å². The van der Waals surface area contributed by atoms with Crippen molar-refractivity contribution in [1.82, 2.24) is 9.88 Å². The van der Waals surface area contributed by atoms with Crippen LogP contribution in [0.5, 0.6) is 5.75 Å². The molecular formula is C14H16N2O5S. The zero-order chi connectivity index (χ0) is 15.7. The van der Waals surface area contributed by atoms with Crippen LogP contribution in [-0.4, -0.2) is 54.3 Å². The minimum Gasteiger partial charge on any atom is -0.505 e. The number of rotatable bonds is 3. The van der Waals surface area contributed by atoms with Crippen molar-refractivity contribution in [3.63, 3.8) is 0 Å². The van der Waals surface area contributed by atoms with Crippen LogP contribution in [-0.2, 0) is 21.4 Å². The van der Waals surface area contributed by atoms with Crippen molar-refractivity contribution in [2.45, 2.75) is 11.4 Å². The van der Waals surface area contributed by atoms with Gasteiger partial charge in [-0.1, -0.05) is 0 Å². The second-order valence-electron chi connectivity index (χ2n) is 5.15. The summed E-state index contributed by atoms with van der Waals surface area (Å²) in [6.45, 7) is 2.95. The number of fused-ring (bicyclic) bond motifs is 1. The lowest BCUT2D eigenvalue weighted by atomic mass is 10.1. The Morgan fingerprint density at radius 3 is 2.73 bits per heavy atom. The van der Waals surface area contributed by atoms with Crippen molar-refractivity contribution < 1.29 is 22.8 Å². The molecule has 0 amide bonds. The fourth-order valence-electron chi connectivity index (χ4n) is 2.58. The Morgan fingerprint density at radius 1 is 1.32 bits per heavy atom. The third-order valence-electron chi connectivity index (χ3n) is 3.68. The highest BCUT2D eigenvalue weighted by Crippen LogP contribution is 2.33. The smallest absolute Gasteiger partial charge is 0.295 e. The number of phenols is 1. The van der Waals surface area contributed by atoms with E-state index in [9.17, 15) is 18.1 Å². The Labute approximate surface area is 127 Å². The van der Waals surface area contributed by atoms with E-state index in [1.807, 2.05) is 4.90 Å². The topological polar surface area (TPSA) is 100.0 Å². The van der Waals surface area contributed by atoms with Crippen molar-refractivity contribution in [3.8, 4) is 5.75 Å². The molecule has 2 N–H and O–H groups in total. The fraction of sp³-hybridized carbons (Fsp3) is 0.357. The Bertz CT molecular complexity index is 800. The standard InChI is InChI=1S/C14H16N2O5S/c17-14-10(9-16-4-6-21-7-5-16)8-12(22(18,19)20)11-2-1-3-15-13(11)14/h1-3,8,17H,4-7,9H2,(H,18,19,20). The summed E-state index contributed by atoms with van der Waals surface area (Å²) in [4.78, 5) is 5.84. The molecule has 2 heterocycles. The van der Waals surface area contributed by atoms with Crippen molar-refractivity contribution in [2.75, 3.05) is 26.3 Å². The number of benzene rings is 1. The molecule has 1 saturated heterocycles. The lowest BCUT2D eigenvalue weighted by Gasteiger charge is -2.27. The number of pyridine rings is 1. The minimum atomic E-state index is -4.40. The van der Waals surface area contributed by atoms with E-state index < -0.39 is 10.1 Å². The number of nitrogens with zero attached hydrogens (tertiary/aromatic N) is 2. The monoisotopic (exact) mass is 324 g/mol. The first kappa shape index (κ1) is 15.2. The fourth-order valence-corrected chi connectivity index (χ4v) is 3.32. The average Bonchev–Trinajstić information content (AvgIpc) is 2.50. The maximum Gasteiger partial charge on any atom is 0.295 e. The number of morpholine rings is 1. The van der Waals surface area contributed by atoms with Gasteiger partial charge in [-0.15, -0.1) is 0 Å². The molecule has 1 fully saturated rings. The molecule has 2 aromatic rings. The SMILES string of the molecule is O=S(=O)(O)c1cc(CN2CCOCC2)c(O)c2ncccc12. The molecule has 3 rings (SSSR count). The number of hydrogen-bond acceptors (Lipinski definition) is 6. The van der Waals surface area contributed by atoms with E-state index in [0.29, 0.717) is 38.4 Å². The summed E-state index contributed by atoms with van der Waals surface area (Å²) in [5.41, 5.74) is 0.585. The van der Waals surface area contributed by atoms with Gasteiger partial charge in [0.2, 0.25) is 0 Å². The first-order valence-corrected chi connectivity index (χ1v) is 8.28. The summed E-state index contributed by atoms with van der Waals surface area (Å²) in [6.07, 6.45) is 1.47. The third kappa shape index (κ3) is 2.91. The normalized spacial score (nSPS) is 17.0. The molecule has 1 aromatic heterocycles. The average molecular weight is 324 g/mol. The molecule has 1 aromatic carbocycles. The van der Waals surface area contributed by atoms with Gasteiger partial charge in [-0.3, -0.25) is 14.4 Å². The summed E-state index contributed by atoms with van der Waals surface area (Å²) in [5.74, 6) is -0.0607. The van der Waals surface area contributed by atoms with E-state index in [-0.39, 0.29) is 21.5 Å². The molecule has 0 radical (unpaired) electrons. The summed E-state index contributed by atoms with van der Waals surface area (Å²) < 4.78 is 37.9. The van der Waals surface area contributed by atoms with E-state index in [0.717, 1.165) is 0 Å². The number of aromatic nitrogens is 1. The number of phenolic OH excluding ortho intramolecular Hbond substituents is 1. The van der Waals surface area contributed by atoms with Crippen LogP contribution < -0.4 is 0 Å². The molecule has 0 atom stereocenters. The van der Waals surface area contributed by atoms with E-state index >= 15 is 0 Å². The highest BCUT2D eigenvalue weighted by molar-refractivity contribution is 7.86. The molecule has 0 spiro atoms. The van der Waals surface area contributed by atoms with Crippen molar-refractivity contribution >= 4 is 21.0 Å². The quantitative estimate of drug-likeness (QED) is 0.813. The Kier molecular flexibility index (Phi) is 4.00. The molecule has 1 aliphatic rings. The highest BCUT2D eigenvalue weighted by atomic mass is 32.2. The molecule has 8 heteroatoms. The van der Waals surface area contributed by atoms with Crippen LogP contribution in [0.15, 0.2) is 29.3 Å². The van der Waals surface area contributed by atoms with Gasteiger partial charge in [0.05, 0.1) is 13.2 Å². The second kappa shape index (κ2) is 5.81. The maximum absolute atomic E-state index is 11.6. The predicted octanol–water partition coefficient (Wildman–Crippen LogP) is 1.02. The Balaban J connectivity index is 2.12. The molecule has 0 unspecified atom stereocenters. The summed E-state index contributed by atoms with van der Waals surface area (Å²) in [5, 5.41) is 10.6. The maximum atomic E-state index is 11.6. The minimum absolute atomic E-state index is 0.0607. The molecule has 22 heavy (non-hydrogen) atoms. The number of hydrogen-bond donors (Lipinski definition) is 2. The molecule has 118 valence electrons.